The quantitative estimate of drug-likeness (QED) is 0.736. The van der Waals surface area contributed by atoms with E-state index in [1.54, 1.807) is 19.1 Å². The van der Waals surface area contributed by atoms with Crippen LogP contribution in [0, 0.1) is 24.6 Å². The summed E-state index contributed by atoms with van der Waals surface area (Å²) in [5.74, 6) is 0.920. The number of hydrogen-bond acceptors (Lipinski definition) is 5. The number of carbonyl (C=O) groups excluding carboxylic acids is 1. The molecule has 2 aliphatic rings. The molecule has 1 aliphatic carbocycles. The van der Waals surface area contributed by atoms with Gasteiger partial charge >= 0.3 is 0 Å². The lowest BCUT2D eigenvalue weighted by atomic mass is 10.0. The second kappa shape index (κ2) is 10.9. The number of Topliss-reactive ketones (excluding diaryl/α,β-unsaturated/α-hetero) is 1. The van der Waals surface area contributed by atoms with Crippen molar-refractivity contribution >= 4 is 5.78 Å². The molecule has 0 unspecified atom stereocenters. The van der Waals surface area contributed by atoms with Crippen molar-refractivity contribution in [2.24, 2.45) is 11.8 Å². The molecule has 2 heterocycles. The van der Waals surface area contributed by atoms with Gasteiger partial charge in [0.2, 0.25) is 0 Å². The standard InChI is InChI=1S/C14H18N2O2.C7H7FO.C2H6/c17-12-4-5-13(15-6-12)14(18)9-16-7-10-2-1-3-11(10)8-16;1-5-2-3-7(9)6(8)4-5;1-2/h4-6,10-11,17H,1-3,7-9H2;2-4,9H,1H3;1-2H3/t10-,11+;;. The molecule has 1 saturated heterocycles. The van der Waals surface area contributed by atoms with Gasteiger partial charge in [0.25, 0.3) is 0 Å². The van der Waals surface area contributed by atoms with E-state index >= 15 is 0 Å². The first-order chi connectivity index (χ1) is 13.9. The summed E-state index contributed by atoms with van der Waals surface area (Å²) < 4.78 is 12.3. The Morgan fingerprint density at radius 2 is 1.79 bits per heavy atom. The van der Waals surface area contributed by atoms with Gasteiger partial charge in [-0.3, -0.25) is 9.69 Å². The minimum absolute atomic E-state index is 0.0509. The fourth-order valence-electron chi connectivity index (χ4n) is 3.91. The van der Waals surface area contributed by atoms with Gasteiger partial charge in [-0.15, -0.1) is 0 Å². The molecule has 0 bridgehead atoms. The van der Waals surface area contributed by atoms with Crippen molar-refractivity contribution in [2.75, 3.05) is 19.6 Å². The topological polar surface area (TPSA) is 73.7 Å². The molecular weight excluding hydrogens is 371 g/mol. The molecule has 4 rings (SSSR count). The number of aromatic nitrogens is 1. The third-order valence-electron chi connectivity index (χ3n) is 5.31. The summed E-state index contributed by atoms with van der Waals surface area (Å²) in [6.45, 7) is 8.36. The molecule has 0 spiro atoms. The molecule has 1 aromatic heterocycles. The smallest absolute Gasteiger partial charge is 0.195 e. The number of phenols is 1. The Balaban J connectivity index is 0.000000231. The van der Waals surface area contributed by atoms with Crippen molar-refractivity contribution < 1.29 is 19.4 Å². The molecule has 0 radical (unpaired) electrons. The van der Waals surface area contributed by atoms with Crippen LogP contribution in [-0.2, 0) is 0 Å². The number of aryl methyl sites for hydroxylation is 1. The van der Waals surface area contributed by atoms with Crippen LogP contribution >= 0.6 is 0 Å². The van der Waals surface area contributed by atoms with Crippen LogP contribution in [0.5, 0.6) is 11.5 Å². The van der Waals surface area contributed by atoms with Crippen molar-refractivity contribution in [3.8, 4) is 11.5 Å². The molecule has 6 heteroatoms. The van der Waals surface area contributed by atoms with Crippen molar-refractivity contribution in [2.45, 2.75) is 40.0 Å². The molecule has 2 aromatic rings. The number of phenolic OH excluding ortho intramolecular Hbond substituents is 1. The number of pyridine rings is 1. The zero-order valence-electron chi connectivity index (χ0n) is 17.4. The lowest BCUT2D eigenvalue weighted by Crippen LogP contribution is -2.29. The van der Waals surface area contributed by atoms with Gasteiger partial charge in [-0.2, -0.15) is 0 Å². The Bertz CT molecular complexity index is 783. The second-order valence-electron chi connectivity index (χ2n) is 7.42. The molecular formula is C23H31FN2O3. The summed E-state index contributed by atoms with van der Waals surface area (Å²) in [5, 5.41) is 17.8. The first-order valence-electron chi connectivity index (χ1n) is 10.3. The van der Waals surface area contributed by atoms with Crippen LogP contribution in [0.25, 0.3) is 0 Å². The van der Waals surface area contributed by atoms with E-state index in [1.165, 1.54) is 43.7 Å². The molecule has 2 fully saturated rings. The normalized spacial score (nSPS) is 20.1. The monoisotopic (exact) mass is 402 g/mol. The number of nitrogens with zero attached hydrogens (tertiary/aromatic N) is 2. The maximum Gasteiger partial charge on any atom is 0.195 e. The highest BCUT2D eigenvalue weighted by Gasteiger charge is 2.36. The largest absolute Gasteiger partial charge is 0.506 e. The number of benzene rings is 1. The summed E-state index contributed by atoms with van der Waals surface area (Å²) in [5.41, 5.74) is 1.26. The van der Waals surface area contributed by atoms with Gasteiger partial charge in [0, 0.05) is 13.1 Å². The van der Waals surface area contributed by atoms with Crippen LogP contribution in [0.2, 0.25) is 0 Å². The highest BCUT2D eigenvalue weighted by atomic mass is 19.1. The Hall–Kier alpha value is -2.47. The average molecular weight is 403 g/mol. The molecule has 1 saturated carbocycles. The van der Waals surface area contributed by atoms with Crippen LogP contribution in [0.1, 0.15) is 49.2 Å². The third-order valence-corrected chi connectivity index (χ3v) is 5.31. The number of carbonyl (C=O) groups is 1. The average Bonchev–Trinajstić information content (AvgIpc) is 3.29. The molecule has 158 valence electrons. The minimum atomic E-state index is -0.560. The van der Waals surface area contributed by atoms with Crippen molar-refractivity contribution in [3.05, 3.63) is 53.6 Å². The van der Waals surface area contributed by atoms with E-state index < -0.39 is 5.82 Å². The molecule has 2 N–H and O–H groups in total. The van der Waals surface area contributed by atoms with Gasteiger partial charge in [0.1, 0.15) is 11.4 Å². The third kappa shape index (κ3) is 6.53. The summed E-state index contributed by atoms with van der Waals surface area (Å²) in [6.07, 6.45) is 5.34. The van der Waals surface area contributed by atoms with E-state index in [-0.39, 0.29) is 17.3 Å². The highest BCUT2D eigenvalue weighted by molar-refractivity contribution is 5.95. The van der Waals surface area contributed by atoms with Gasteiger partial charge in [0.15, 0.2) is 17.3 Å². The van der Waals surface area contributed by atoms with Crippen LogP contribution in [0.4, 0.5) is 4.39 Å². The van der Waals surface area contributed by atoms with Gasteiger partial charge < -0.3 is 10.2 Å². The summed E-state index contributed by atoms with van der Waals surface area (Å²) >= 11 is 0. The molecule has 1 aliphatic heterocycles. The molecule has 5 nitrogen and oxygen atoms in total. The van der Waals surface area contributed by atoms with E-state index in [4.69, 9.17) is 10.2 Å². The number of fused-ring (bicyclic) bond motifs is 1. The molecule has 29 heavy (non-hydrogen) atoms. The first-order valence-corrected chi connectivity index (χ1v) is 10.3. The number of hydrogen-bond donors (Lipinski definition) is 2. The first kappa shape index (κ1) is 22.8. The SMILES string of the molecule is CC.Cc1ccc(O)c(F)c1.O=C(CN1C[C@H]2CCC[C@H]2C1)c1ccc(O)cn1. The van der Waals surface area contributed by atoms with E-state index in [2.05, 4.69) is 9.88 Å². The number of ketones is 1. The van der Waals surface area contributed by atoms with Gasteiger partial charge in [-0.1, -0.05) is 26.3 Å². The van der Waals surface area contributed by atoms with Crippen LogP contribution in [0.3, 0.4) is 0 Å². The molecule has 2 atom stereocenters. The number of likely N-dealkylation sites (tertiary alicyclic amines) is 1. The second-order valence-corrected chi connectivity index (χ2v) is 7.42. The number of halogens is 1. The zero-order chi connectivity index (χ0) is 21.4. The summed E-state index contributed by atoms with van der Waals surface area (Å²) in [4.78, 5) is 18.3. The van der Waals surface area contributed by atoms with Crippen LogP contribution < -0.4 is 0 Å². The number of rotatable bonds is 3. The van der Waals surface area contributed by atoms with Crippen molar-refractivity contribution in [3.63, 3.8) is 0 Å². The highest BCUT2D eigenvalue weighted by Crippen LogP contribution is 2.37. The maximum absolute atomic E-state index is 12.3. The lowest BCUT2D eigenvalue weighted by Gasteiger charge is -2.15. The summed E-state index contributed by atoms with van der Waals surface area (Å²) in [7, 11) is 0. The fraction of sp³-hybridized carbons (Fsp3) is 0.478. The zero-order valence-corrected chi connectivity index (χ0v) is 17.4. The van der Waals surface area contributed by atoms with Crippen molar-refractivity contribution in [1.29, 1.82) is 0 Å². The van der Waals surface area contributed by atoms with Gasteiger partial charge in [-0.25, -0.2) is 9.37 Å². The predicted molar refractivity (Wildman–Crippen MR) is 112 cm³/mol. The maximum atomic E-state index is 12.3. The van der Waals surface area contributed by atoms with Gasteiger partial charge in [-0.05, 0) is 61.4 Å². The summed E-state index contributed by atoms with van der Waals surface area (Å²) in [6, 6.07) is 7.38. The predicted octanol–water partition coefficient (Wildman–Crippen LogP) is 4.57. The lowest BCUT2D eigenvalue weighted by molar-refractivity contribution is 0.0936. The van der Waals surface area contributed by atoms with Gasteiger partial charge in [0.05, 0.1) is 12.7 Å². The Kier molecular flexibility index (Phi) is 8.58. The van der Waals surface area contributed by atoms with Crippen LogP contribution in [0.15, 0.2) is 36.5 Å². The van der Waals surface area contributed by atoms with E-state index in [1.807, 2.05) is 13.8 Å². The Morgan fingerprint density at radius 1 is 1.14 bits per heavy atom. The Morgan fingerprint density at radius 3 is 2.31 bits per heavy atom. The Labute approximate surface area is 172 Å². The fourth-order valence-corrected chi connectivity index (χ4v) is 3.91. The molecule has 0 amide bonds. The minimum Gasteiger partial charge on any atom is -0.506 e. The van der Waals surface area contributed by atoms with Crippen LogP contribution in [-0.4, -0.2) is 45.5 Å². The number of aromatic hydroxyl groups is 2. The van der Waals surface area contributed by atoms with E-state index in [0.29, 0.717) is 12.2 Å². The van der Waals surface area contributed by atoms with E-state index in [0.717, 1.165) is 30.5 Å². The van der Waals surface area contributed by atoms with Crippen molar-refractivity contribution in [1.82, 2.24) is 9.88 Å². The molecule has 1 aromatic carbocycles. The van der Waals surface area contributed by atoms with E-state index in [9.17, 15) is 9.18 Å².